The third kappa shape index (κ3) is 2.33. The molecule has 0 atom stereocenters. The number of aliphatic imine (C=N–C) groups is 1. The van der Waals surface area contributed by atoms with E-state index in [9.17, 15) is 5.11 Å². The molecule has 19 heavy (non-hydrogen) atoms. The zero-order valence-electron chi connectivity index (χ0n) is 9.88. The van der Waals surface area contributed by atoms with Gasteiger partial charge in [0.05, 0.1) is 17.3 Å². The molecule has 0 amide bonds. The molecule has 0 fully saturated rings. The van der Waals surface area contributed by atoms with Gasteiger partial charge < -0.3 is 9.52 Å². The zero-order chi connectivity index (χ0) is 13.2. The predicted molar refractivity (Wildman–Crippen MR) is 76.6 cm³/mol. The molecule has 1 aromatic heterocycles. The minimum Gasteiger partial charge on any atom is -0.480 e. The van der Waals surface area contributed by atoms with Crippen LogP contribution in [0.4, 0.5) is 5.69 Å². The van der Waals surface area contributed by atoms with E-state index in [0.717, 1.165) is 11.1 Å². The van der Waals surface area contributed by atoms with Crippen LogP contribution in [-0.4, -0.2) is 11.3 Å². The zero-order valence-corrected chi connectivity index (χ0v) is 10.6. The van der Waals surface area contributed by atoms with Crippen LogP contribution in [0.2, 0.25) is 5.02 Å². The summed E-state index contributed by atoms with van der Waals surface area (Å²) in [5.74, 6) is 0.441. The van der Waals surface area contributed by atoms with Crippen molar-refractivity contribution in [2.45, 2.75) is 0 Å². The fourth-order valence-corrected chi connectivity index (χ4v) is 1.98. The van der Waals surface area contributed by atoms with E-state index in [1.165, 1.54) is 0 Å². The minimum absolute atomic E-state index is 0.0897. The number of nitrogens with zero attached hydrogens (tertiary/aromatic N) is 1. The molecule has 2 aromatic carbocycles. The molecule has 4 heteroatoms. The van der Waals surface area contributed by atoms with Crippen molar-refractivity contribution >= 4 is 34.3 Å². The molecule has 1 N–H and O–H groups in total. The van der Waals surface area contributed by atoms with Gasteiger partial charge in [0.15, 0.2) is 5.76 Å². The molecule has 0 aliphatic rings. The number of hydrogen-bond acceptors (Lipinski definition) is 3. The Balaban J connectivity index is 1.99. The van der Waals surface area contributed by atoms with Gasteiger partial charge in [-0.1, -0.05) is 29.8 Å². The van der Waals surface area contributed by atoms with Crippen molar-refractivity contribution in [1.29, 1.82) is 0 Å². The Morgan fingerprint density at radius 1 is 1.00 bits per heavy atom. The van der Waals surface area contributed by atoms with Crippen LogP contribution in [0.5, 0.6) is 5.95 Å². The van der Waals surface area contributed by atoms with Crippen molar-refractivity contribution < 1.29 is 9.52 Å². The van der Waals surface area contributed by atoms with Crippen LogP contribution < -0.4 is 0 Å². The van der Waals surface area contributed by atoms with Gasteiger partial charge in [-0.3, -0.25) is 4.99 Å². The summed E-state index contributed by atoms with van der Waals surface area (Å²) in [6, 6.07) is 14.6. The van der Waals surface area contributed by atoms with Gasteiger partial charge >= 0.3 is 0 Å². The van der Waals surface area contributed by atoms with Crippen LogP contribution in [-0.2, 0) is 0 Å². The fourth-order valence-electron chi connectivity index (χ4n) is 1.85. The van der Waals surface area contributed by atoms with Crippen LogP contribution >= 0.6 is 11.6 Å². The second-order valence-electron chi connectivity index (χ2n) is 4.05. The topological polar surface area (TPSA) is 45.7 Å². The van der Waals surface area contributed by atoms with Gasteiger partial charge in [-0.2, -0.15) is 0 Å². The van der Waals surface area contributed by atoms with Crippen molar-refractivity contribution in [2.75, 3.05) is 0 Å². The Morgan fingerprint density at radius 2 is 1.68 bits per heavy atom. The molecule has 94 valence electrons. The molecule has 0 saturated heterocycles. The fraction of sp³-hybridized carbons (Fsp3) is 0. The molecular weight excluding hydrogens is 262 g/mol. The van der Waals surface area contributed by atoms with Gasteiger partial charge in [0.2, 0.25) is 0 Å². The summed E-state index contributed by atoms with van der Waals surface area (Å²) in [5, 5.41) is 11.9. The highest BCUT2D eigenvalue weighted by molar-refractivity contribution is 6.30. The number of fused-ring (bicyclic) bond motifs is 1. The molecule has 0 spiro atoms. The van der Waals surface area contributed by atoms with Crippen LogP contribution in [0.3, 0.4) is 0 Å². The first-order valence-electron chi connectivity index (χ1n) is 5.74. The second kappa shape index (κ2) is 4.78. The Labute approximate surface area is 114 Å². The first kappa shape index (κ1) is 11.8. The number of benzene rings is 2. The number of furan rings is 1. The standard InChI is InChI=1S/C15H10ClNO2/c16-10-5-7-11(8-6-10)17-9-14-12-3-1-2-4-13(12)15(18)19-14/h1-9,18H. The van der Waals surface area contributed by atoms with Crippen LogP contribution in [0.15, 0.2) is 57.9 Å². The lowest BCUT2D eigenvalue weighted by Crippen LogP contribution is -1.76. The molecule has 0 saturated carbocycles. The van der Waals surface area contributed by atoms with E-state index >= 15 is 0 Å². The molecule has 0 aliphatic heterocycles. The highest BCUT2D eigenvalue weighted by Gasteiger charge is 2.09. The number of halogens is 1. The van der Waals surface area contributed by atoms with Crippen LogP contribution in [0, 0.1) is 0 Å². The van der Waals surface area contributed by atoms with E-state index in [2.05, 4.69) is 4.99 Å². The van der Waals surface area contributed by atoms with E-state index in [1.807, 2.05) is 30.3 Å². The third-order valence-corrected chi connectivity index (χ3v) is 3.04. The van der Waals surface area contributed by atoms with Gasteiger partial charge in [-0.25, -0.2) is 0 Å². The Morgan fingerprint density at radius 3 is 2.42 bits per heavy atom. The van der Waals surface area contributed by atoms with E-state index in [0.29, 0.717) is 16.2 Å². The minimum atomic E-state index is -0.0897. The van der Waals surface area contributed by atoms with E-state index < -0.39 is 0 Å². The lowest BCUT2D eigenvalue weighted by atomic mass is 10.2. The van der Waals surface area contributed by atoms with Crippen molar-refractivity contribution in [3.63, 3.8) is 0 Å². The summed E-state index contributed by atoms with van der Waals surface area (Å²) >= 11 is 5.81. The summed E-state index contributed by atoms with van der Waals surface area (Å²) in [6.45, 7) is 0. The molecule has 0 unspecified atom stereocenters. The predicted octanol–water partition coefficient (Wildman–Crippen LogP) is 4.54. The van der Waals surface area contributed by atoms with Crippen LogP contribution in [0.1, 0.15) is 5.76 Å². The molecule has 1 heterocycles. The quantitative estimate of drug-likeness (QED) is 0.695. The monoisotopic (exact) mass is 271 g/mol. The van der Waals surface area contributed by atoms with Crippen molar-refractivity contribution in [3.8, 4) is 5.95 Å². The summed E-state index contributed by atoms with van der Waals surface area (Å²) in [5.41, 5.74) is 0.768. The largest absolute Gasteiger partial charge is 0.480 e. The van der Waals surface area contributed by atoms with Crippen molar-refractivity contribution in [1.82, 2.24) is 0 Å². The average molecular weight is 272 g/mol. The molecule has 0 bridgehead atoms. The third-order valence-electron chi connectivity index (χ3n) is 2.79. The number of hydrogen-bond donors (Lipinski definition) is 1. The van der Waals surface area contributed by atoms with Gasteiger partial charge in [-0.15, -0.1) is 0 Å². The van der Waals surface area contributed by atoms with Gasteiger partial charge in [-0.05, 0) is 30.3 Å². The average Bonchev–Trinajstić information content (AvgIpc) is 2.76. The maximum Gasteiger partial charge on any atom is 0.290 e. The Bertz CT molecular complexity index is 744. The molecule has 3 rings (SSSR count). The van der Waals surface area contributed by atoms with Crippen LogP contribution in [0.25, 0.3) is 10.8 Å². The summed E-state index contributed by atoms with van der Waals surface area (Å²) in [4.78, 5) is 4.29. The van der Waals surface area contributed by atoms with Gasteiger partial charge in [0.1, 0.15) is 0 Å². The maximum absolute atomic E-state index is 9.68. The lowest BCUT2D eigenvalue weighted by molar-refractivity contribution is 0.336. The van der Waals surface area contributed by atoms with Gasteiger partial charge in [0, 0.05) is 10.4 Å². The summed E-state index contributed by atoms with van der Waals surface area (Å²) in [6.07, 6.45) is 1.59. The van der Waals surface area contributed by atoms with Crippen molar-refractivity contribution in [2.24, 2.45) is 4.99 Å². The molecule has 3 nitrogen and oxygen atoms in total. The molecular formula is C15H10ClNO2. The highest BCUT2D eigenvalue weighted by Crippen LogP contribution is 2.30. The number of aromatic hydroxyl groups is 1. The summed E-state index contributed by atoms with van der Waals surface area (Å²) in [7, 11) is 0. The summed E-state index contributed by atoms with van der Waals surface area (Å²) < 4.78 is 5.29. The molecule has 3 aromatic rings. The highest BCUT2D eigenvalue weighted by atomic mass is 35.5. The normalized spacial score (nSPS) is 11.4. The second-order valence-corrected chi connectivity index (χ2v) is 4.49. The first-order chi connectivity index (χ1) is 9.24. The smallest absolute Gasteiger partial charge is 0.290 e. The first-order valence-corrected chi connectivity index (χ1v) is 6.12. The van der Waals surface area contributed by atoms with E-state index in [1.54, 1.807) is 24.4 Å². The Hall–Kier alpha value is -2.26. The van der Waals surface area contributed by atoms with E-state index in [4.69, 9.17) is 16.0 Å². The maximum atomic E-state index is 9.68. The van der Waals surface area contributed by atoms with Crippen molar-refractivity contribution in [3.05, 3.63) is 59.3 Å². The molecule has 0 radical (unpaired) electrons. The Kier molecular flexibility index (Phi) is 2.97. The molecule has 0 aliphatic carbocycles. The SMILES string of the molecule is Oc1oc(C=Nc2ccc(Cl)cc2)c2ccccc12. The van der Waals surface area contributed by atoms with Gasteiger partial charge in [0.25, 0.3) is 5.95 Å². The number of rotatable bonds is 2. The van der Waals surface area contributed by atoms with E-state index in [-0.39, 0.29) is 5.95 Å². The lowest BCUT2D eigenvalue weighted by Gasteiger charge is -1.93.